The molecule has 4 aromatic rings. The first-order chi connectivity index (χ1) is 15.4. The second-order valence-electron chi connectivity index (χ2n) is 7.00. The lowest BCUT2D eigenvalue weighted by molar-refractivity contribution is -0.385. The van der Waals surface area contributed by atoms with Crippen LogP contribution in [-0.2, 0) is 4.74 Å². The molecular formula is C24H18FNO6. The number of nitro benzene ring substituents is 1. The van der Waals surface area contributed by atoms with Gasteiger partial charge in [-0.05, 0) is 68.4 Å². The van der Waals surface area contributed by atoms with Gasteiger partial charge in [0.25, 0.3) is 5.69 Å². The molecule has 0 saturated carbocycles. The number of carbonyl (C=O) groups is 1. The summed E-state index contributed by atoms with van der Waals surface area (Å²) >= 11 is 0. The van der Waals surface area contributed by atoms with Crippen LogP contribution in [0, 0.1) is 22.9 Å². The Hall–Kier alpha value is -4.20. The summed E-state index contributed by atoms with van der Waals surface area (Å²) in [5, 5.41) is 11.7. The molecule has 162 valence electrons. The highest BCUT2D eigenvalue weighted by atomic mass is 19.1. The van der Waals surface area contributed by atoms with Crippen LogP contribution in [0.5, 0.6) is 11.5 Å². The number of furan rings is 1. The fraction of sp³-hybridized carbons (Fsp3) is 0.125. The predicted octanol–water partition coefficient (Wildman–Crippen LogP) is 6.42. The van der Waals surface area contributed by atoms with Crippen molar-refractivity contribution in [1.29, 1.82) is 0 Å². The molecule has 32 heavy (non-hydrogen) atoms. The number of benzene rings is 3. The number of hydrogen-bond donors (Lipinski definition) is 0. The molecule has 1 aromatic heterocycles. The van der Waals surface area contributed by atoms with E-state index in [0.29, 0.717) is 28.0 Å². The van der Waals surface area contributed by atoms with Crippen molar-refractivity contribution >= 4 is 22.6 Å². The molecule has 0 bridgehead atoms. The van der Waals surface area contributed by atoms with E-state index in [0.717, 1.165) is 0 Å². The third-order valence-corrected chi connectivity index (χ3v) is 4.85. The molecule has 8 heteroatoms. The Bertz CT molecular complexity index is 1310. The molecule has 0 aliphatic rings. The first-order valence-corrected chi connectivity index (χ1v) is 9.80. The second-order valence-corrected chi connectivity index (χ2v) is 7.00. The minimum absolute atomic E-state index is 0.101. The van der Waals surface area contributed by atoms with Crippen LogP contribution in [0.4, 0.5) is 10.1 Å². The summed E-state index contributed by atoms with van der Waals surface area (Å²) in [5.41, 5.74) is 1.29. The highest BCUT2D eigenvalue weighted by molar-refractivity contribution is 6.09. The molecule has 0 fully saturated rings. The zero-order chi connectivity index (χ0) is 22.8. The van der Waals surface area contributed by atoms with E-state index in [4.69, 9.17) is 13.9 Å². The van der Waals surface area contributed by atoms with E-state index < -0.39 is 10.9 Å². The maximum Gasteiger partial charge on any atom is 0.342 e. The highest BCUT2D eigenvalue weighted by Crippen LogP contribution is 2.38. The van der Waals surface area contributed by atoms with Gasteiger partial charge in [-0.15, -0.1) is 0 Å². The van der Waals surface area contributed by atoms with Crippen molar-refractivity contribution in [3.63, 3.8) is 0 Å². The molecule has 0 saturated heterocycles. The van der Waals surface area contributed by atoms with Crippen molar-refractivity contribution in [3.05, 3.63) is 87.7 Å². The van der Waals surface area contributed by atoms with Crippen molar-refractivity contribution in [3.8, 4) is 22.8 Å². The van der Waals surface area contributed by atoms with Gasteiger partial charge in [0, 0.05) is 16.5 Å². The molecular weight excluding hydrogens is 417 g/mol. The molecule has 0 spiro atoms. The van der Waals surface area contributed by atoms with Crippen molar-refractivity contribution in [2.24, 2.45) is 0 Å². The Morgan fingerprint density at radius 3 is 2.28 bits per heavy atom. The lowest BCUT2D eigenvalue weighted by Crippen LogP contribution is -2.05. The van der Waals surface area contributed by atoms with Crippen molar-refractivity contribution in [2.45, 2.75) is 13.8 Å². The maximum absolute atomic E-state index is 13.1. The number of hydrogen-bond acceptors (Lipinski definition) is 6. The third-order valence-electron chi connectivity index (χ3n) is 4.85. The van der Waals surface area contributed by atoms with Gasteiger partial charge in [0.2, 0.25) is 0 Å². The van der Waals surface area contributed by atoms with E-state index in [1.54, 1.807) is 44.2 Å². The lowest BCUT2D eigenvalue weighted by atomic mass is 10.0. The van der Waals surface area contributed by atoms with Gasteiger partial charge in [-0.2, -0.15) is 0 Å². The number of carbonyl (C=O) groups excluding carboxylic acids is 1. The molecule has 1 heterocycles. The van der Waals surface area contributed by atoms with Gasteiger partial charge in [0.05, 0.1) is 17.6 Å². The number of nitrogens with zero attached hydrogens (tertiary/aromatic N) is 1. The number of rotatable bonds is 6. The Labute approximate surface area is 182 Å². The highest BCUT2D eigenvalue weighted by Gasteiger charge is 2.26. The smallest absolute Gasteiger partial charge is 0.342 e. The standard InChI is InChI=1S/C24H18FNO6/c1-3-30-24(27)22-19-12-14(2)20(26(28)29)13-21(19)32-23(22)15-4-8-17(9-5-15)31-18-10-6-16(25)7-11-18/h4-13H,3H2,1-2H3. The number of ether oxygens (including phenoxy) is 2. The van der Waals surface area contributed by atoms with Gasteiger partial charge >= 0.3 is 5.97 Å². The molecule has 0 N–H and O–H groups in total. The zero-order valence-corrected chi connectivity index (χ0v) is 17.3. The van der Waals surface area contributed by atoms with Gasteiger partial charge in [-0.3, -0.25) is 10.1 Å². The summed E-state index contributed by atoms with van der Waals surface area (Å²) in [6.07, 6.45) is 0. The lowest BCUT2D eigenvalue weighted by Gasteiger charge is -2.07. The van der Waals surface area contributed by atoms with Crippen LogP contribution >= 0.6 is 0 Å². The maximum atomic E-state index is 13.1. The predicted molar refractivity (Wildman–Crippen MR) is 115 cm³/mol. The topological polar surface area (TPSA) is 91.8 Å². The van der Waals surface area contributed by atoms with Gasteiger partial charge < -0.3 is 13.9 Å². The van der Waals surface area contributed by atoms with E-state index in [1.165, 1.54) is 30.3 Å². The number of nitro groups is 1. The summed E-state index contributed by atoms with van der Waals surface area (Å²) in [7, 11) is 0. The fourth-order valence-electron chi connectivity index (χ4n) is 3.36. The quantitative estimate of drug-likeness (QED) is 0.197. The molecule has 0 radical (unpaired) electrons. The minimum atomic E-state index is -0.582. The number of halogens is 1. The van der Waals surface area contributed by atoms with Crippen LogP contribution in [0.25, 0.3) is 22.3 Å². The normalized spacial score (nSPS) is 10.8. The Balaban J connectivity index is 1.76. The number of esters is 1. The first-order valence-electron chi connectivity index (χ1n) is 9.80. The van der Waals surface area contributed by atoms with Crippen LogP contribution in [0.1, 0.15) is 22.8 Å². The molecule has 7 nitrogen and oxygen atoms in total. The molecule has 4 rings (SSSR count). The van der Waals surface area contributed by atoms with Gasteiger partial charge in [-0.1, -0.05) is 0 Å². The molecule has 3 aromatic carbocycles. The van der Waals surface area contributed by atoms with Gasteiger partial charge in [0.15, 0.2) is 0 Å². The Morgan fingerprint density at radius 1 is 1.06 bits per heavy atom. The van der Waals surface area contributed by atoms with Crippen LogP contribution < -0.4 is 4.74 Å². The van der Waals surface area contributed by atoms with Crippen molar-refractivity contribution in [2.75, 3.05) is 6.61 Å². The third kappa shape index (κ3) is 4.02. The summed E-state index contributed by atoms with van der Waals surface area (Å²) in [6.45, 7) is 3.46. The number of fused-ring (bicyclic) bond motifs is 1. The monoisotopic (exact) mass is 435 g/mol. The van der Waals surface area contributed by atoms with Crippen molar-refractivity contribution in [1.82, 2.24) is 0 Å². The minimum Gasteiger partial charge on any atom is -0.462 e. The second kappa shape index (κ2) is 8.50. The van der Waals surface area contributed by atoms with E-state index in [1.807, 2.05) is 0 Å². The van der Waals surface area contributed by atoms with E-state index in [-0.39, 0.29) is 35.0 Å². The molecule has 0 aliphatic carbocycles. The number of aryl methyl sites for hydroxylation is 1. The summed E-state index contributed by atoms with van der Waals surface area (Å²) < 4.78 is 29.8. The van der Waals surface area contributed by atoms with Crippen LogP contribution in [0.2, 0.25) is 0 Å². The Kier molecular flexibility index (Phi) is 5.59. The van der Waals surface area contributed by atoms with Crippen molar-refractivity contribution < 1.29 is 28.0 Å². The van der Waals surface area contributed by atoms with E-state index >= 15 is 0 Å². The van der Waals surface area contributed by atoms with E-state index in [2.05, 4.69) is 0 Å². The van der Waals surface area contributed by atoms with Crippen LogP contribution in [0.3, 0.4) is 0 Å². The molecule has 0 atom stereocenters. The van der Waals surface area contributed by atoms with Crippen LogP contribution in [-0.4, -0.2) is 17.5 Å². The molecule has 0 unspecified atom stereocenters. The average Bonchev–Trinajstić information content (AvgIpc) is 3.13. The average molecular weight is 435 g/mol. The van der Waals surface area contributed by atoms with Gasteiger partial charge in [-0.25, -0.2) is 9.18 Å². The van der Waals surface area contributed by atoms with E-state index in [9.17, 15) is 19.3 Å². The largest absolute Gasteiger partial charge is 0.462 e. The summed E-state index contributed by atoms with van der Waals surface area (Å²) in [4.78, 5) is 23.5. The SMILES string of the molecule is CCOC(=O)c1c(-c2ccc(Oc3ccc(F)cc3)cc2)oc2cc([N+](=O)[O-])c(C)cc12. The summed E-state index contributed by atoms with van der Waals surface area (Å²) in [5.74, 6) is 0.269. The van der Waals surface area contributed by atoms with Crippen LogP contribution in [0.15, 0.2) is 65.1 Å². The summed E-state index contributed by atoms with van der Waals surface area (Å²) in [6, 6.07) is 15.2. The zero-order valence-electron chi connectivity index (χ0n) is 17.3. The van der Waals surface area contributed by atoms with Gasteiger partial charge in [0.1, 0.15) is 34.2 Å². The Morgan fingerprint density at radius 2 is 1.69 bits per heavy atom. The molecule has 0 aliphatic heterocycles. The molecule has 0 amide bonds. The fourth-order valence-corrected chi connectivity index (χ4v) is 3.36. The first kappa shape index (κ1) is 21.0.